The average Bonchev–Trinajstić information content (AvgIpc) is 2.67. The molecule has 1 aliphatic heterocycles. The van der Waals surface area contributed by atoms with Crippen molar-refractivity contribution in [2.75, 3.05) is 19.5 Å². The van der Waals surface area contributed by atoms with Gasteiger partial charge < -0.3 is 9.47 Å². The third-order valence-corrected chi connectivity index (χ3v) is 6.11. The molecule has 2 nitrogen and oxygen atoms in total. The van der Waals surface area contributed by atoms with Crippen molar-refractivity contribution in [3.05, 3.63) is 59.6 Å². The third-order valence-electron chi connectivity index (χ3n) is 4.85. The van der Waals surface area contributed by atoms with E-state index in [1.54, 1.807) is 11.8 Å². The molecule has 0 spiro atoms. The first-order valence-corrected chi connectivity index (χ1v) is 10.8. The maximum Gasteiger partial charge on any atom is 0.157 e. The van der Waals surface area contributed by atoms with Crippen molar-refractivity contribution in [1.82, 2.24) is 0 Å². The number of rotatable bonds is 7. The van der Waals surface area contributed by atoms with Gasteiger partial charge in [-0.3, -0.25) is 0 Å². The van der Waals surface area contributed by atoms with Gasteiger partial charge in [0.15, 0.2) is 5.76 Å². The van der Waals surface area contributed by atoms with E-state index in [0.717, 1.165) is 42.1 Å². The highest BCUT2D eigenvalue weighted by atomic mass is 32.2. The molecule has 0 radical (unpaired) electrons. The molecule has 138 valence electrons. The van der Waals surface area contributed by atoms with Crippen molar-refractivity contribution in [1.29, 1.82) is 0 Å². The lowest BCUT2D eigenvalue weighted by Gasteiger charge is -2.29. The standard InChI is InChI=1S/C22H26O2S2/c1-15(18-8-4-5-10-21(18)26-3)7-6-9-20(25)17-13-16(2)22-19(14-17)23-11-12-24-22/h4-5,8,10,14,16H,1,6-7,9,11-13H2,2-3H3. The SMILES string of the molecule is C=C(CCCC(=S)C1=CC2=C(OCCO2)C(C)C1)c1ccccc1SC. The Balaban J connectivity index is 1.57. The predicted octanol–water partition coefficient (Wildman–Crippen LogP) is 6.19. The van der Waals surface area contributed by atoms with E-state index in [4.69, 9.17) is 21.7 Å². The zero-order valence-corrected chi connectivity index (χ0v) is 17.2. The number of hydrogen-bond donors (Lipinski definition) is 0. The maximum absolute atomic E-state index is 5.76. The summed E-state index contributed by atoms with van der Waals surface area (Å²) in [5.74, 6) is 2.21. The van der Waals surface area contributed by atoms with Crippen LogP contribution in [0.2, 0.25) is 0 Å². The molecular formula is C22H26O2S2. The van der Waals surface area contributed by atoms with E-state index in [0.29, 0.717) is 19.1 Å². The first kappa shape index (κ1) is 19.2. The Morgan fingerprint density at radius 3 is 2.81 bits per heavy atom. The molecule has 0 aromatic heterocycles. The van der Waals surface area contributed by atoms with Gasteiger partial charge in [0.1, 0.15) is 19.0 Å². The Morgan fingerprint density at radius 2 is 2.00 bits per heavy atom. The highest BCUT2D eigenvalue weighted by Gasteiger charge is 2.27. The zero-order chi connectivity index (χ0) is 18.5. The molecule has 26 heavy (non-hydrogen) atoms. The smallest absolute Gasteiger partial charge is 0.157 e. The van der Waals surface area contributed by atoms with E-state index in [-0.39, 0.29) is 0 Å². The van der Waals surface area contributed by atoms with Gasteiger partial charge in [-0.1, -0.05) is 43.9 Å². The molecule has 0 saturated heterocycles. The summed E-state index contributed by atoms with van der Waals surface area (Å²) in [4.78, 5) is 2.33. The average molecular weight is 387 g/mol. The predicted molar refractivity (Wildman–Crippen MR) is 115 cm³/mol. The maximum atomic E-state index is 5.76. The van der Waals surface area contributed by atoms with Crippen molar-refractivity contribution in [3.63, 3.8) is 0 Å². The van der Waals surface area contributed by atoms with E-state index in [9.17, 15) is 0 Å². The lowest BCUT2D eigenvalue weighted by atomic mass is 9.89. The third kappa shape index (κ3) is 4.41. The largest absolute Gasteiger partial charge is 0.490 e. The van der Waals surface area contributed by atoms with E-state index < -0.39 is 0 Å². The van der Waals surface area contributed by atoms with Gasteiger partial charge in [0.2, 0.25) is 0 Å². The minimum Gasteiger partial charge on any atom is -0.490 e. The van der Waals surface area contributed by atoms with Crippen LogP contribution < -0.4 is 0 Å². The minimum atomic E-state index is 0.340. The molecule has 0 saturated carbocycles. The summed E-state index contributed by atoms with van der Waals surface area (Å²) in [7, 11) is 0. The fraction of sp³-hybridized carbons (Fsp3) is 0.409. The molecule has 1 unspecified atom stereocenters. The summed E-state index contributed by atoms with van der Waals surface area (Å²) in [6.45, 7) is 7.75. The lowest BCUT2D eigenvalue weighted by molar-refractivity contribution is 0.0513. The van der Waals surface area contributed by atoms with Crippen LogP contribution in [0.25, 0.3) is 5.57 Å². The first-order chi connectivity index (χ1) is 12.6. The van der Waals surface area contributed by atoms with Gasteiger partial charge in [0.25, 0.3) is 0 Å². The number of benzene rings is 1. The molecule has 0 bridgehead atoms. The highest BCUT2D eigenvalue weighted by Crippen LogP contribution is 2.34. The van der Waals surface area contributed by atoms with Crippen LogP contribution in [0.15, 0.2) is 58.9 Å². The van der Waals surface area contributed by atoms with Crippen LogP contribution in [0.1, 0.15) is 38.2 Å². The van der Waals surface area contributed by atoms with Crippen molar-refractivity contribution in [2.45, 2.75) is 37.5 Å². The zero-order valence-electron chi connectivity index (χ0n) is 15.5. The number of allylic oxidation sites excluding steroid dienone is 4. The van der Waals surface area contributed by atoms with Gasteiger partial charge in [-0.25, -0.2) is 0 Å². The molecule has 0 fully saturated rings. The van der Waals surface area contributed by atoms with Crippen LogP contribution in [-0.4, -0.2) is 24.3 Å². The Kier molecular flexibility index (Phi) is 6.60. The molecule has 0 N–H and O–H groups in total. The minimum absolute atomic E-state index is 0.340. The van der Waals surface area contributed by atoms with Crippen LogP contribution in [0, 0.1) is 5.92 Å². The number of thioether (sulfide) groups is 1. The molecule has 1 aromatic carbocycles. The number of hydrogen-bond acceptors (Lipinski definition) is 4. The Bertz CT molecular complexity index is 761. The van der Waals surface area contributed by atoms with E-state index >= 15 is 0 Å². The molecule has 2 aliphatic rings. The molecule has 1 heterocycles. The Labute approximate surface area is 166 Å². The quantitative estimate of drug-likeness (QED) is 0.411. The van der Waals surface area contributed by atoms with Crippen molar-refractivity contribution in [2.24, 2.45) is 5.92 Å². The topological polar surface area (TPSA) is 18.5 Å². The van der Waals surface area contributed by atoms with Gasteiger partial charge in [0.05, 0.1) is 0 Å². The lowest BCUT2D eigenvalue weighted by Crippen LogP contribution is -2.22. The van der Waals surface area contributed by atoms with E-state index in [1.165, 1.54) is 21.6 Å². The Morgan fingerprint density at radius 1 is 1.23 bits per heavy atom. The van der Waals surface area contributed by atoms with E-state index in [2.05, 4.69) is 50.1 Å². The van der Waals surface area contributed by atoms with Crippen LogP contribution in [0.4, 0.5) is 0 Å². The second-order valence-electron chi connectivity index (χ2n) is 6.78. The summed E-state index contributed by atoms with van der Waals surface area (Å²) in [5.41, 5.74) is 3.68. The molecular weight excluding hydrogens is 360 g/mol. The first-order valence-electron chi connectivity index (χ1n) is 9.15. The molecule has 3 rings (SSSR count). The second kappa shape index (κ2) is 8.92. The van der Waals surface area contributed by atoms with Crippen molar-refractivity contribution < 1.29 is 9.47 Å². The molecule has 1 atom stereocenters. The summed E-state index contributed by atoms with van der Waals surface area (Å²) in [6.07, 6.45) is 8.05. The number of thiocarbonyl (C=S) groups is 1. The fourth-order valence-electron chi connectivity index (χ4n) is 3.47. The fourth-order valence-corrected chi connectivity index (χ4v) is 4.41. The second-order valence-corrected chi connectivity index (χ2v) is 8.12. The monoisotopic (exact) mass is 386 g/mol. The van der Waals surface area contributed by atoms with Gasteiger partial charge in [0, 0.05) is 15.7 Å². The van der Waals surface area contributed by atoms with Crippen LogP contribution in [-0.2, 0) is 9.47 Å². The van der Waals surface area contributed by atoms with E-state index in [1.807, 2.05) is 0 Å². The summed E-state index contributed by atoms with van der Waals surface area (Å²) >= 11 is 7.49. The van der Waals surface area contributed by atoms with Gasteiger partial charge >= 0.3 is 0 Å². The summed E-state index contributed by atoms with van der Waals surface area (Å²) in [5, 5.41) is 0. The van der Waals surface area contributed by atoms with Gasteiger partial charge in [-0.2, -0.15) is 0 Å². The summed E-state index contributed by atoms with van der Waals surface area (Å²) < 4.78 is 11.5. The normalized spacial score (nSPS) is 19.2. The molecule has 0 amide bonds. The molecule has 1 aromatic rings. The summed E-state index contributed by atoms with van der Waals surface area (Å²) in [6, 6.07) is 8.47. The van der Waals surface area contributed by atoms with Crippen molar-refractivity contribution >= 4 is 34.4 Å². The highest BCUT2D eigenvalue weighted by molar-refractivity contribution is 7.98. The Hall–Kier alpha value is -1.52. The molecule has 4 heteroatoms. The number of ether oxygens (including phenoxy) is 2. The van der Waals surface area contributed by atoms with Crippen molar-refractivity contribution in [3.8, 4) is 0 Å². The van der Waals surface area contributed by atoms with Crippen LogP contribution in [0.3, 0.4) is 0 Å². The van der Waals surface area contributed by atoms with Gasteiger partial charge in [-0.05, 0) is 60.8 Å². The van der Waals surface area contributed by atoms with Crippen LogP contribution >= 0.6 is 24.0 Å². The van der Waals surface area contributed by atoms with Gasteiger partial charge in [-0.15, -0.1) is 11.8 Å². The molecule has 1 aliphatic carbocycles. The van der Waals surface area contributed by atoms with Crippen LogP contribution in [0.5, 0.6) is 0 Å².